The van der Waals surface area contributed by atoms with Crippen molar-refractivity contribution in [3.8, 4) is 16.9 Å². The number of ether oxygens (including phenoxy) is 1. The zero-order valence-electron chi connectivity index (χ0n) is 15.8. The minimum Gasteiger partial charge on any atom is -0.462 e. The van der Waals surface area contributed by atoms with Crippen LogP contribution in [-0.2, 0) is 10.9 Å². The monoisotopic (exact) mass is 411 g/mol. The van der Waals surface area contributed by atoms with E-state index in [0.29, 0.717) is 22.3 Å². The van der Waals surface area contributed by atoms with E-state index in [2.05, 4.69) is 10.1 Å². The Labute approximate surface area is 169 Å². The maximum Gasteiger partial charge on any atom is 0.416 e. The molecule has 0 radical (unpaired) electrons. The summed E-state index contributed by atoms with van der Waals surface area (Å²) in [7, 11) is 0. The standard InChI is InChI=1S/C22H16F3N3O2/c1-2-30-21(29)15-12-18-19(14-8-10-16(11-9-14)22(23,24)25)27-28(20(18)26-13-15)17-6-4-3-5-7-17/h3-13H,2H2,1H3. The van der Waals surface area contributed by atoms with Gasteiger partial charge in [-0.1, -0.05) is 30.3 Å². The molecule has 0 spiro atoms. The topological polar surface area (TPSA) is 57.0 Å². The molecule has 4 aromatic rings. The normalized spacial score (nSPS) is 11.6. The molecule has 0 aliphatic carbocycles. The number of aromatic nitrogens is 3. The first kappa shape index (κ1) is 19.6. The van der Waals surface area contributed by atoms with Crippen molar-refractivity contribution in [2.24, 2.45) is 0 Å². The van der Waals surface area contributed by atoms with E-state index in [1.165, 1.54) is 18.3 Å². The van der Waals surface area contributed by atoms with E-state index in [-0.39, 0.29) is 12.2 Å². The minimum absolute atomic E-state index is 0.214. The van der Waals surface area contributed by atoms with Gasteiger partial charge in [0.05, 0.1) is 23.4 Å². The van der Waals surface area contributed by atoms with Gasteiger partial charge in [0.1, 0.15) is 5.69 Å². The molecule has 2 heterocycles. The lowest BCUT2D eigenvalue weighted by Gasteiger charge is -2.07. The Hall–Kier alpha value is -3.68. The number of carbonyl (C=O) groups is 1. The molecule has 152 valence electrons. The molecule has 5 nitrogen and oxygen atoms in total. The predicted octanol–water partition coefficient (Wildman–Crippen LogP) is 5.28. The molecule has 0 saturated carbocycles. The third kappa shape index (κ3) is 3.63. The van der Waals surface area contributed by atoms with Crippen LogP contribution >= 0.6 is 0 Å². The van der Waals surface area contributed by atoms with Crippen molar-refractivity contribution in [3.63, 3.8) is 0 Å². The van der Waals surface area contributed by atoms with Gasteiger partial charge in [-0.15, -0.1) is 0 Å². The fourth-order valence-corrected chi connectivity index (χ4v) is 3.11. The summed E-state index contributed by atoms with van der Waals surface area (Å²) >= 11 is 0. The highest BCUT2D eigenvalue weighted by atomic mass is 19.4. The summed E-state index contributed by atoms with van der Waals surface area (Å²) < 4.78 is 45.4. The molecule has 0 bridgehead atoms. The number of carbonyl (C=O) groups excluding carboxylic acids is 1. The highest BCUT2D eigenvalue weighted by molar-refractivity contribution is 5.98. The molecule has 0 atom stereocenters. The van der Waals surface area contributed by atoms with Crippen molar-refractivity contribution in [1.29, 1.82) is 0 Å². The molecule has 0 fully saturated rings. The lowest BCUT2D eigenvalue weighted by atomic mass is 10.1. The Morgan fingerprint density at radius 3 is 2.40 bits per heavy atom. The van der Waals surface area contributed by atoms with Gasteiger partial charge in [-0.2, -0.15) is 18.3 Å². The van der Waals surface area contributed by atoms with Crippen LogP contribution in [0, 0.1) is 0 Å². The van der Waals surface area contributed by atoms with Crippen LogP contribution in [-0.4, -0.2) is 27.3 Å². The zero-order valence-corrected chi connectivity index (χ0v) is 15.8. The predicted molar refractivity (Wildman–Crippen MR) is 105 cm³/mol. The second-order valence-corrected chi connectivity index (χ2v) is 6.49. The molecule has 8 heteroatoms. The quantitative estimate of drug-likeness (QED) is 0.429. The molecular formula is C22H16F3N3O2. The smallest absolute Gasteiger partial charge is 0.416 e. The van der Waals surface area contributed by atoms with Crippen LogP contribution in [0.5, 0.6) is 0 Å². The molecule has 0 amide bonds. The van der Waals surface area contributed by atoms with Crippen molar-refractivity contribution in [2.45, 2.75) is 13.1 Å². The number of pyridine rings is 1. The van der Waals surface area contributed by atoms with Gasteiger partial charge in [0.15, 0.2) is 5.65 Å². The molecule has 30 heavy (non-hydrogen) atoms. The van der Waals surface area contributed by atoms with Crippen LogP contribution in [0.4, 0.5) is 13.2 Å². The minimum atomic E-state index is -4.43. The Kier molecular flexibility index (Phi) is 4.99. The maximum atomic E-state index is 12.9. The van der Waals surface area contributed by atoms with Gasteiger partial charge in [0.2, 0.25) is 0 Å². The van der Waals surface area contributed by atoms with E-state index in [4.69, 9.17) is 4.74 Å². The van der Waals surface area contributed by atoms with Gasteiger partial charge in [-0.25, -0.2) is 14.5 Å². The van der Waals surface area contributed by atoms with E-state index in [1.54, 1.807) is 17.7 Å². The second kappa shape index (κ2) is 7.62. The van der Waals surface area contributed by atoms with Crippen LogP contribution < -0.4 is 0 Å². The summed E-state index contributed by atoms with van der Waals surface area (Å²) in [5, 5.41) is 5.12. The molecule has 0 saturated heterocycles. The zero-order chi connectivity index (χ0) is 21.3. The molecule has 4 rings (SSSR count). The average Bonchev–Trinajstić information content (AvgIpc) is 3.13. The van der Waals surface area contributed by atoms with E-state index in [0.717, 1.165) is 17.8 Å². The summed E-state index contributed by atoms with van der Waals surface area (Å²) in [5.74, 6) is -0.530. The number of alkyl halides is 3. The van der Waals surface area contributed by atoms with Crippen molar-refractivity contribution >= 4 is 17.0 Å². The van der Waals surface area contributed by atoms with E-state index >= 15 is 0 Å². The van der Waals surface area contributed by atoms with E-state index in [9.17, 15) is 18.0 Å². The molecule has 0 aliphatic heterocycles. The fourth-order valence-electron chi connectivity index (χ4n) is 3.11. The molecule has 2 aromatic carbocycles. The SMILES string of the molecule is CCOC(=O)c1cnc2c(c1)c(-c1ccc(C(F)(F)F)cc1)nn2-c1ccccc1. The van der Waals surface area contributed by atoms with Crippen molar-refractivity contribution in [3.05, 3.63) is 78.0 Å². The number of para-hydroxylation sites is 1. The molecular weight excluding hydrogens is 395 g/mol. The first-order valence-electron chi connectivity index (χ1n) is 9.17. The van der Waals surface area contributed by atoms with Gasteiger partial charge in [-0.05, 0) is 37.3 Å². The van der Waals surface area contributed by atoms with Gasteiger partial charge < -0.3 is 4.74 Å². The highest BCUT2D eigenvalue weighted by Gasteiger charge is 2.30. The number of halogens is 3. The van der Waals surface area contributed by atoms with Crippen LogP contribution in [0.2, 0.25) is 0 Å². The Balaban J connectivity index is 1.90. The van der Waals surface area contributed by atoms with Crippen molar-refractivity contribution < 1.29 is 22.7 Å². The molecule has 0 N–H and O–H groups in total. The summed E-state index contributed by atoms with van der Waals surface area (Å²) in [6.45, 7) is 1.91. The first-order valence-corrected chi connectivity index (χ1v) is 9.17. The fraction of sp³-hybridized carbons (Fsp3) is 0.136. The Bertz CT molecular complexity index is 1200. The largest absolute Gasteiger partial charge is 0.462 e. The highest BCUT2D eigenvalue weighted by Crippen LogP contribution is 2.33. The number of nitrogens with zero attached hydrogens (tertiary/aromatic N) is 3. The van der Waals surface area contributed by atoms with Gasteiger partial charge >= 0.3 is 12.1 Å². The number of benzene rings is 2. The molecule has 0 aliphatic rings. The molecule has 0 unspecified atom stereocenters. The maximum absolute atomic E-state index is 12.9. The lowest BCUT2D eigenvalue weighted by molar-refractivity contribution is -0.137. The number of rotatable bonds is 4. The number of fused-ring (bicyclic) bond motifs is 1. The summed E-state index contributed by atoms with van der Waals surface area (Å²) in [6.07, 6.45) is -3.03. The first-order chi connectivity index (χ1) is 14.4. The summed E-state index contributed by atoms with van der Waals surface area (Å²) in [4.78, 5) is 16.5. The third-order valence-electron chi connectivity index (χ3n) is 4.52. The molecule has 2 aromatic heterocycles. The second-order valence-electron chi connectivity index (χ2n) is 6.49. The Morgan fingerprint density at radius 2 is 1.77 bits per heavy atom. The van der Waals surface area contributed by atoms with E-state index < -0.39 is 17.7 Å². The lowest BCUT2D eigenvalue weighted by Crippen LogP contribution is -2.05. The van der Waals surface area contributed by atoms with Crippen molar-refractivity contribution in [2.75, 3.05) is 6.61 Å². The summed E-state index contributed by atoms with van der Waals surface area (Å²) in [6, 6.07) is 15.5. The van der Waals surface area contributed by atoms with Crippen LogP contribution in [0.25, 0.3) is 28.0 Å². The van der Waals surface area contributed by atoms with Gasteiger partial charge in [0.25, 0.3) is 0 Å². The van der Waals surface area contributed by atoms with E-state index in [1.807, 2.05) is 30.3 Å². The van der Waals surface area contributed by atoms with Crippen LogP contribution in [0.1, 0.15) is 22.8 Å². The van der Waals surface area contributed by atoms with Gasteiger partial charge in [-0.3, -0.25) is 0 Å². The van der Waals surface area contributed by atoms with Gasteiger partial charge in [0, 0.05) is 17.1 Å². The number of esters is 1. The van der Waals surface area contributed by atoms with Crippen molar-refractivity contribution in [1.82, 2.24) is 14.8 Å². The van der Waals surface area contributed by atoms with Crippen LogP contribution in [0.15, 0.2) is 66.9 Å². The van der Waals surface area contributed by atoms with Crippen LogP contribution in [0.3, 0.4) is 0 Å². The number of hydrogen-bond acceptors (Lipinski definition) is 4. The average molecular weight is 411 g/mol. The Morgan fingerprint density at radius 1 is 1.07 bits per heavy atom. The summed E-state index contributed by atoms with van der Waals surface area (Å²) in [5.41, 5.74) is 1.60. The number of hydrogen-bond donors (Lipinski definition) is 0. The third-order valence-corrected chi connectivity index (χ3v) is 4.52.